The molecule has 0 N–H and O–H groups in total. The Morgan fingerprint density at radius 3 is 2.32 bits per heavy atom. The molecule has 0 fully saturated rings. The molecular weight excluding hydrogens is 396 g/mol. The van der Waals surface area contributed by atoms with E-state index in [-0.39, 0.29) is 30.0 Å². The van der Waals surface area contributed by atoms with Gasteiger partial charge in [0, 0.05) is 49.7 Å². The first kappa shape index (κ1) is 24.1. The van der Waals surface area contributed by atoms with E-state index < -0.39 is 4.92 Å². The fourth-order valence-corrected chi connectivity index (χ4v) is 3.33. The van der Waals surface area contributed by atoms with Crippen LogP contribution >= 0.6 is 0 Å². The molecule has 8 nitrogen and oxygen atoms in total. The summed E-state index contributed by atoms with van der Waals surface area (Å²) in [7, 11) is 1.95. The van der Waals surface area contributed by atoms with Gasteiger partial charge in [0.1, 0.15) is 6.54 Å². The first-order valence-electron chi connectivity index (χ1n) is 10.6. The Balaban J connectivity index is 2.19. The molecule has 0 radical (unpaired) electrons. The maximum atomic E-state index is 13.2. The Hall–Kier alpha value is -3.16. The van der Waals surface area contributed by atoms with Crippen LogP contribution in [0.4, 0.5) is 5.69 Å². The van der Waals surface area contributed by atoms with Gasteiger partial charge in [0.25, 0.3) is 11.6 Å². The van der Waals surface area contributed by atoms with E-state index in [1.165, 1.54) is 29.2 Å². The normalized spacial score (nSPS) is 10.9. The van der Waals surface area contributed by atoms with Gasteiger partial charge in [0.15, 0.2) is 0 Å². The standard InChI is InChI=1S/C23H32N4O4/c1-5-6-14-25(16-21-8-7-13-24(21)4)22(28)17-26(15-18(2)3)23(29)19-9-11-20(12-10-19)27(30)31/h7-13,18H,5-6,14-17H2,1-4H3. The minimum absolute atomic E-state index is 0.0257. The summed E-state index contributed by atoms with van der Waals surface area (Å²) >= 11 is 0. The van der Waals surface area contributed by atoms with Crippen molar-refractivity contribution in [2.24, 2.45) is 13.0 Å². The van der Waals surface area contributed by atoms with Crippen molar-refractivity contribution in [3.05, 3.63) is 64.0 Å². The van der Waals surface area contributed by atoms with Crippen LogP contribution in [-0.2, 0) is 18.4 Å². The molecule has 2 aromatic rings. The molecule has 1 aromatic carbocycles. The molecular formula is C23H32N4O4. The highest BCUT2D eigenvalue weighted by Gasteiger charge is 2.24. The monoisotopic (exact) mass is 428 g/mol. The van der Waals surface area contributed by atoms with Crippen molar-refractivity contribution in [3.63, 3.8) is 0 Å². The van der Waals surface area contributed by atoms with Crippen molar-refractivity contribution >= 4 is 17.5 Å². The van der Waals surface area contributed by atoms with Crippen molar-refractivity contribution in [1.82, 2.24) is 14.4 Å². The molecule has 0 aliphatic rings. The SMILES string of the molecule is CCCCN(Cc1cccn1C)C(=O)CN(CC(C)C)C(=O)c1ccc([N+](=O)[O-])cc1. The largest absolute Gasteiger partial charge is 0.353 e. The third kappa shape index (κ3) is 6.94. The third-order valence-corrected chi connectivity index (χ3v) is 5.06. The number of aromatic nitrogens is 1. The van der Waals surface area contributed by atoms with Gasteiger partial charge < -0.3 is 14.4 Å². The zero-order valence-electron chi connectivity index (χ0n) is 18.8. The highest BCUT2D eigenvalue weighted by molar-refractivity contribution is 5.96. The van der Waals surface area contributed by atoms with E-state index in [4.69, 9.17) is 0 Å². The first-order valence-corrected chi connectivity index (χ1v) is 10.6. The van der Waals surface area contributed by atoms with E-state index in [0.29, 0.717) is 25.2 Å². The smallest absolute Gasteiger partial charge is 0.269 e. The number of rotatable bonds is 11. The molecule has 8 heteroatoms. The van der Waals surface area contributed by atoms with Crippen molar-refractivity contribution in [1.29, 1.82) is 0 Å². The average Bonchev–Trinajstić information content (AvgIpc) is 3.14. The Morgan fingerprint density at radius 2 is 1.81 bits per heavy atom. The van der Waals surface area contributed by atoms with Gasteiger partial charge >= 0.3 is 0 Å². The van der Waals surface area contributed by atoms with Gasteiger partial charge in [-0.25, -0.2) is 0 Å². The van der Waals surface area contributed by atoms with Crippen LogP contribution in [0.2, 0.25) is 0 Å². The van der Waals surface area contributed by atoms with Crippen LogP contribution in [0.5, 0.6) is 0 Å². The van der Waals surface area contributed by atoms with Gasteiger partial charge in [-0.05, 0) is 36.6 Å². The topological polar surface area (TPSA) is 88.7 Å². The maximum absolute atomic E-state index is 13.2. The molecule has 2 rings (SSSR count). The van der Waals surface area contributed by atoms with Gasteiger partial charge in [-0.3, -0.25) is 19.7 Å². The number of aryl methyl sites for hydroxylation is 1. The number of hydrogen-bond donors (Lipinski definition) is 0. The second-order valence-electron chi connectivity index (χ2n) is 8.16. The summed E-state index contributed by atoms with van der Waals surface area (Å²) in [6.45, 7) is 7.56. The molecule has 0 saturated carbocycles. The third-order valence-electron chi connectivity index (χ3n) is 5.06. The highest BCUT2D eigenvalue weighted by atomic mass is 16.6. The van der Waals surface area contributed by atoms with E-state index >= 15 is 0 Å². The maximum Gasteiger partial charge on any atom is 0.269 e. The molecule has 0 aliphatic heterocycles. The summed E-state index contributed by atoms with van der Waals surface area (Å²) in [6.07, 6.45) is 3.80. The number of nitro benzene ring substituents is 1. The number of carbonyl (C=O) groups is 2. The number of amides is 2. The van der Waals surface area contributed by atoms with Crippen LogP contribution in [0.3, 0.4) is 0 Å². The predicted molar refractivity (Wildman–Crippen MR) is 120 cm³/mol. The summed E-state index contributed by atoms with van der Waals surface area (Å²) in [6, 6.07) is 9.44. The predicted octanol–water partition coefficient (Wildman–Crippen LogP) is 3.86. The summed E-state index contributed by atoms with van der Waals surface area (Å²) in [5, 5.41) is 10.9. The fraction of sp³-hybridized carbons (Fsp3) is 0.478. The van der Waals surface area contributed by atoms with Crippen molar-refractivity contribution in [3.8, 4) is 0 Å². The molecule has 0 spiro atoms. The minimum Gasteiger partial charge on any atom is -0.353 e. The van der Waals surface area contributed by atoms with Crippen LogP contribution in [0.15, 0.2) is 42.6 Å². The molecule has 0 aliphatic carbocycles. The van der Waals surface area contributed by atoms with Crippen LogP contribution in [0.25, 0.3) is 0 Å². The zero-order valence-corrected chi connectivity index (χ0v) is 18.8. The molecule has 31 heavy (non-hydrogen) atoms. The number of benzene rings is 1. The zero-order chi connectivity index (χ0) is 23.0. The Kier molecular flexibility index (Phi) is 8.78. The highest BCUT2D eigenvalue weighted by Crippen LogP contribution is 2.15. The van der Waals surface area contributed by atoms with Gasteiger partial charge in [0.05, 0.1) is 11.5 Å². The molecule has 2 amide bonds. The Morgan fingerprint density at radius 1 is 1.13 bits per heavy atom. The van der Waals surface area contributed by atoms with Crippen molar-refractivity contribution in [2.75, 3.05) is 19.6 Å². The van der Waals surface area contributed by atoms with Gasteiger partial charge in [0.2, 0.25) is 5.91 Å². The summed E-state index contributed by atoms with van der Waals surface area (Å²) < 4.78 is 1.99. The number of hydrogen-bond acceptors (Lipinski definition) is 4. The molecule has 0 atom stereocenters. The van der Waals surface area contributed by atoms with Crippen LogP contribution in [0.1, 0.15) is 49.7 Å². The van der Waals surface area contributed by atoms with E-state index in [1.807, 2.05) is 43.8 Å². The second-order valence-corrected chi connectivity index (χ2v) is 8.16. The lowest BCUT2D eigenvalue weighted by Crippen LogP contribution is -2.44. The van der Waals surface area contributed by atoms with Crippen molar-refractivity contribution in [2.45, 2.75) is 40.2 Å². The molecule has 0 saturated heterocycles. The van der Waals surface area contributed by atoms with E-state index in [2.05, 4.69) is 6.92 Å². The lowest BCUT2D eigenvalue weighted by molar-refractivity contribution is -0.384. The number of carbonyl (C=O) groups excluding carboxylic acids is 2. The lowest BCUT2D eigenvalue weighted by Gasteiger charge is -2.29. The quantitative estimate of drug-likeness (QED) is 0.402. The summed E-state index contributed by atoms with van der Waals surface area (Å²) in [5.74, 6) is -0.233. The van der Waals surface area contributed by atoms with Gasteiger partial charge in [-0.2, -0.15) is 0 Å². The Bertz CT molecular complexity index is 889. The number of nitrogens with zero attached hydrogens (tertiary/aromatic N) is 4. The second kappa shape index (κ2) is 11.3. The Labute approximate surface area is 183 Å². The molecule has 0 bridgehead atoms. The fourth-order valence-electron chi connectivity index (χ4n) is 3.33. The van der Waals surface area contributed by atoms with Crippen LogP contribution in [-0.4, -0.2) is 50.7 Å². The van der Waals surface area contributed by atoms with Crippen LogP contribution in [0, 0.1) is 16.0 Å². The summed E-state index contributed by atoms with van der Waals surface area (Å²) in [5.41, 5.74) is 1.29. The molecule has 0 unspecified atom stereocenters. The minimum atomic E-state index is -0.501. The molecule has 1 aromatic heterocycles. The number of unbranched alkanes of at least 4 members (excludes halogenated alkanes) is 1. The molecule has 168 valence electrons. The average molecular weight is 429 g/mol. The van der Waals surface area contributed by atoms with Gasteiger partial charge in [-0.1, -0.05) is 27.2 Å². The molecule has 1 heterocycles. The van der Waals surface area contributed by atoms with Gasteiger partial charge in [-0.15, -0.1) is 0 Å². The summed E-state index contributed by atoms with van der Waals surface area (Å²) in [4.78, 5) is 40.0. The van der Waals surface area contributed by atoms with Crippen LogP contribution < -0.4 is 0 Å². The van der Waals surface area contributed by atoms with E-state index in [9.17, 15) is 19.7 Å². The van der Waals surface area contributed by atoms with E-state index in [1.54, 1.807) is 4.90 Å². The lowest BCUT2D eigenvalue weighted by atomic mass is 10.1. The van der Waals surface area contributed by atoms with E-state index in [0.717, 1.165) is 18.5 Å². The van der Waals surface area contributed by atoms with Crippen molar-refractivity contribution < 1.29 is 14.5 Å². The number of non-ortho nitro benzene ring substituents is 1. The number of nitro groups is 1. The first-order chi connectivity index (χ1) is 14.7.